The van der Waals surface area contributed by atoms with Crippen molar-refractivity contribution >= 4 is 11.6 Å². The summed E-state index contributed by atoms with van der Waals surface area (Å²) in [5.74, 6) is -1.01. The van der Waals surface area contributed by atoms with Gasteiger partial charge in [-0.2, -0.15) is 0 Å². The first-order valence-corrected chi connectivity index (χ1v) is 7.25. The van der Waals surface area contributed by atoms with Crippen molar-refractivity contribution < 1.29 is 14.9 Å². The average Bonchev–Trinajstić information content (AvgIpc) is 2.79. The lowest BCUT2D eigenvalue weighted by molar-refractivity contribution is -0.226. The van der Waals surface area contributed by atoms with Gasteiger partial charge in [-0.1, -0.05) is 29.8 Å². The molecule has 0 aliphatic heterocycles. The van der Waals surface area contributed by atoms with Crippen LogP contribution in [-0.2, 0) is 11.2 Å². The van der Waals surface area contributed by atoms with Crippen LogP contribution in [0.3, 0.4) is 0 Å². The maximum Gasteiger partial charge on any atom is 0.165 e. The summed E-state index contributed by atoms with van der Waals surface area (Å²) >= 11 is 6.14. The highest BCUT2D eigenvalue weighted by Gasteiger charge is 2.34. The van der Waals surface area contributed by atoms with Crippen LogP contribution in [0.4, 0.5) is 0 Å². The zero-order valence-corrected chi connectivity index (χ0v) is 11.8. The molecule has 1 unspecified atom stereocenters. The van der Waals surface area contributed by atoms with Crippen LogP contribution in [0.25, 0.3) is 0 Å². The van der Waals surface area contributed by atoms with E-state index in [1.165, 1.54) is 0 Å². The topological polar surface area (TPSA) is 49.7 Å². The van der Waals surface area contributed by atoms with Crippen LogP contribution in [0.5, 0.6) is 0 Å². The van der Waals surface area contributed by atoms with Gasteiger partial charge >= 0.3 is 0 Å². The summed E-state index contributed by atoms with van der Waals surface area (Å²) < 4.78 is 5.84. The van der Waals surface area contributed by atoms with E-state index in [9.17, 15) is 5.11 Å². The minimum absolute atomic E-state index is 0.0468. The van der Waals surface area contributed by atoms with Gasteiger partial charge in [0.1, 0.15) is 0 Å². The fourth-order valence-corrected chi connectivity index (χ4v) is 2.82. The van der Waals surface area contributed by atoms with Crippen LogP contribution in [0, 0.1) is 0 Å². The quantitative estimate of drug-likeness (QED) is 0.790. The second kappa shape index (κ2) is 6.71. The summed E-state index contributed by atoms with van der Waals surface area (Å²) in [5.41, 5.74) is 0.990. The highest BCUT2D eigenvalue weighted by molar-refractivity contribution is 6.31. The fraction of sp³-hybridized carbons (Fsp3) is 0.600. The highest BCUT2D eigenvalue weighted by atomic mass is 35.5. The predicted octanol–water partition coefficient (Wildman–Crippen LogP) is 2.91. The summed E-state index contributed by atoms with van der Waals surface area (Å²) in [6, 6.07) is 7.62. The molecule has 1 atom stereocenters. The molecule has 1 aliphatic carbocycles. The Kier molecular flexibility index (Phi) is 5.22. The highest BCUT2D eigenvalue weighted by Crippen LogP contribution is 2.33. The van der Waals surface area contributed by atoms with Gasteiger partial charge in [-0.25, -0.2) is 0 Å². The molecule has 1 aliphatic rings. The number of hydrogen-bond acceptors (Lipinski definition) is 3. The standard InChI is InChI=1S/C15H21ClO3/c16-14-6-2-1-5-12(14)11-13(7-10-17)19-15(18)8-3-4-9-15/h1-2,5-6,13,17-18H,3-4,7-11H2. The van der Waals surface area contributed by atoms with Crippen LogP contribution in [0.1, 0.15) is 37.7 Å². The molecule has 0 bridgehead atoms. The normalized spacial score (nSPS) is 19.5. The maximum atomic E-state index is 10.3. The Morgan fingerprint density at radius 1 is 1.26 bits per heavy atom. The van der Waals surface area contributed by atoms with E-state index in [4.69, 9.17) is 21.4 Å². The van der Waals surface area contributed by atoms with Crippen LogP contribution in [-0.4, -0.2) is 28.7 Å². The van der Waals surface area contributed by atoms with E-state index in [0.29, 0.717) is 30.7 Å². The smallest absolute Gasteiger partial charge is 0.165 e. The Morgan fingerprint density at radius 2 is 1.95 bits per heavy atom. The Morgan fingerprint density at radius 3 is 2.58 bits per heavy atom. The molecule has 1 saturated carbocycles. The Balaban J connectivity index is 2.01. The number of aliphatic hydroxyl groups is 2. The van der Waals surface area contributed by atoms with E-state index in [-0.39, 0.29) is 12.7 Å². The molecule has 4 heteroatoms. The molecule has 2 N–H and O–H groups in total. The van der Waals surface area contributed by atoms with Crippen LogP contribution in [0.15, 0.2) is 24.3 Å². The fourth-order valence-electron chi connectivity index (χ4n) is 2.61. The van der Waals surface area contributed by atoms with Crippen molar-refractivity contribution in [2.75, 3.05) is 6.61 Å². The van der Waals surface area contributed by atoms with Crippen LogP contribution < -0.4 is 0 Å². The summed E-state index contributed by atoms with van der Waals surface area (Å²) in [5, 5.41) is 20.1. The molecule has 1 aromatic rings. The predicted molar refractivity (Wildman–Crippen MR) is 75.1 cm³/mol. The molecule has 0 aromatic heterocycles. The first-order valence-electron chi connectivity index (χ1n) is 6.87. The molecule has 19 heavy (non-hydrogen) atoms. The first-order chi connectivity index (χ1) is 9.13. The van der Waals surface area contributed by atoms with Crippen molar-refractivity contribution in [3.8, 4) is 0 Å². The molecule has 1 fully saturated rings. The zero-order valence-electron chi connectivity index (χ0n) is 11.0. The Hall–Kier alpha value is -0.610. The Bertz CT molecular complexity index is 402. The molecule has 0 saturated heterocycles. The molecule has 0 heterocycles. The minimum atomic E-state index is -1.01. The number of halogens is 1. The van der Waals surface area contributed by atoms with Crippen molar-refractivity contribution in [3.63, 3.8) is 0 Å². The van der Waals surface area contributed by atoms with E-state index in [1.807, 2.05) is 24.3 Å². The molecule has 106 valence electrons. The molecule has 0 spiro atoms. The van der Waals surface area contributed by atoms with Gasteiger partial charge in [-0.15, -0.1) is 0 Å². The molecule has 0 amide bonds. The number of ether oxygens (including phenoxy) is 1. The summed E-state index contributed by atoms with van der Waals surface area (Å²) in [6.07, 6.45) is 4.27. The second-order valence-electron chi connectivity index (χ2n) is 5.20. The summed E-state index contributed by atoms with van der Waals surface area (Å²) in [7, 11) is 0. The molecule has 3 nitrogen and oxygen atoms in total. The first kappa shape index (κ1) is 14.8. The van der Waals surface area contributed by atoms with E-state index in [2.05, 4.69) is 0 Å². The monoisotopic (exact) mass is 284 g/mol. The van der Waals surface area contributed by atoms with Crippen molar-refractivity contribution in [1.82, 2.24) is 0 Å². The summed E-state index contributed by atoms with van der Waals surface area (Å²) in [6.45, 7) is 0.0468. The number of aliphatic hydroxyl groups excluding tert-OH is 1. The molecule has 0 radical (unpaired) electrons. The second-order valence-corrected chi connectivity index (χ2v) is 5.61. The maximum absolute atomic E-state index is 10.3. The largest absolute Gasteiger partial charge is 0.396 e. The molecule has 2 rings (SSSR count). The molecule has 1 aromatic carbocycles. The van der Waals surface area contributed by atoms with Gasteiger partial charge < -0.3 is 14.9 Å². The van der Waals surface area contributed by atoms with Gasteiger partial charge in [0.2, 0.25) is 0 Å². The lowest BCUT2D eigenvalue weighted by Gasteiger charge is -2.29. The third kappa shape index (κ3) is 4.18. The van der Waals surface area contributed by atoms with Gasteiger partial charge in [-0.3, -0.25) is 0 Å². The average molecular weight is 285 g/mol. The van der Waals surface area contributed by atoms with Crippen LogP contribution in [0.2, 0.25) is 5.02 Å². The van der Waals surface area contributed by atoms with Crippen molar-refractivity contribution in [2.45, 2.75) is 50.4 Å². The zero-order chi connectivity index (χ0) is 13.7. The third-order valence-electron chi connectivity index (χ3n) is 3.63. The lowest BCUT2D eigenvalue weighted by atomic mass is 10.0. The van der Waals surface area contributed by atoms with Gasteiger partial charge in [0.25, 0.3) is 0 Å². The van der Waals surface area contributed by atoms with E-state index in [0.717, 1.165) is 18.4 Å². The van der Waals surface area contributed by atoms with E-state index >= 15 is 0 Å². The van der Waals surface area contributed by atoms with Gasteiger partial charge in [0.15, 0.2) is 5.79 Å². The number of hydrogen-bond donors (Lipinski definition) is 2. The van der Waals surface area contributed by atoms with E-state index in [1.54, 1.807) is 0 Å². The number of benzene rings is 1. The van der Waals surface area contributed by atoms with Crippen LogP contribution >= 0.6 is 11.6 Å². The molecular formula is C15H21ClO3. The van der Waals surface area contributed by atoms with Gasteiger partial charge in [0, 0.05) is 30.9 Å². The minimum Gasteiger partial charge on any atom is -0.396 e. The SMILES string of the molecule is OCCC(Cc1ccccc1Cl)OC1(O)CCCC1. The van der Waals surface area contributed by atoms with Gasteiger partial charge in [-0.05, 0) is 30.9 Å². The van der Waals surface area contributed by atoms with Crippen molar-refractivity contribution in [1.29, 1.82) is 0 Å². The Labute approximate surface area is 119 Å². The van der Waals surface area contributed by atoms with Crippen molar-refractivity contribution in [3.05, 3.63) is 34.9 Å². The number of rotatable bonds is 6. The van der Waals surface area contributed by atoms with Gasteiger partial charge in [0.05, 0.1) is 6.10 Å². The summed E-state index contributed by atoms with van der Waals surface area (Å²) in [4.78, 5) is 0. The van der Waals surface area contributed by atoms with E-state index < -0.39 is 5.79 Å². The van der Waals surface area contributed by atoms with Crippen molar-refractivity contribution in [2.24, 2.45) is 0 Å². The molecular weight excluding hydrogens is 264 g/mol. The lowest BCUT2D eigenvalue weighted by Crippen LogP contribution is -2.35. The third-order valence-corrected chi connectivity index (χ3v) is 4.00.